The van der Waals surface area contributed by atoms with E-state index >= 15 is 0 Å². The summed E-state index contributed by atoms with van der Waals surface area (Å²) in [4.78, 5) is 0. The normalized spacial score (nSPS) is 9.71. The topological polar surface area (TPSA) is 65.4 Å². The summed E-state index contributed by atoms with van der Waals surface area (Å²) in [5.41, 5.74) is 3.21. The van der Waals surface area contributed by atoms with Gasteiger partial charge >= 0.3 is 0 Å². The second-order valence-electron chi connectivity index (χ2n) is 2.97. The van der Waals surface area contributed by atoms with Crippen LogP contribution in [0, 0.1) is 18.3 Å². The Labute approximate surface area is 81.2 Å². The van der Waals surface area contributed by atoms with Crippen molar-refractivity contribution in [2.75, 3.05) is 0 Å². The molecule has 1 aromatic heterocycles. The molecule has 0 aliphatic rings. The minimum atomic E-state index is 0.624. The zero-order chi connectivity index (χ0) is 9.97. The highest BCUT2D eigenvalue weighted by Gasteiger charge is 2.09. The minimum Gasteiger partial charge on any atom is -0.265 e. The van der Waals surface area contributed by atoms with Gasteiger partial charge in [-0.25, -0.2) is 0 Å². The van der Waals surface area contributed by atoms with Crippen molar-refractivity contribution in [1.82, 2.24) is 15.4 Å². The van der Waals surface area contributed by atoms with Gasteiger partial charge < -0.3 is 0 Å². The molecule has 14 heavy (non-hydrogen) atoms. The molecule has 0 spiro atoms. The number of nitriles is 1. The lowest BCUT2D eigenvalue weighted by Crippen LogP contribution is -1.88. The van der Waals surface area contributed by atoms with Gasteiger partial charge in [0, 0.05) is 5.56 Å². The van der Waals surface area contributed by atoms with Crippen LogP contribution in [0.3, 0.4) is 0 Å². The SMILES string of the molecule is Cc1cccc(C#N)c1-c1c[nH]nn1. The summed E-state index contributed by atoms with van der Waals surface area (Å²) >= 11 is 0. The molecule has 0 unspecified atom stereocenters. The van der Waals surface area contributed by atoms with Crippen LogP contribution in [0.25, 0.3) is 11.3 Å². The number of aromatic nitrogens is 3. The molecule has 2 aromatic rings. The fourth-order valence-corrected chi connectivity index (χ4v) is 1.42. The first kappa shape index (κ1) is 8.45. The van der Waals surface area contributed by atoms with Crippen LogP contribution in [0.15, 0.2) is 24.4 Å². The van der Waals surface area contributed by atoms with E-state index in [-0.39, 0.29) is 0 Å². The lowest BCUT2D eigenvalue weighted by Gasteiger charge is -2.02. The monoisotopic (exact) mass is 184 g/mol. The fraction of sp³-hybridized carbons (Fsp3) is 0.100. The van der Waals surface area contributed by atoms with Gasteiger partial charge in [-0.3, -0.25) is 5.10 Å². The molecule has 68 valence electrons. The van der Waals surface area contributed by atoms with E-state index in [9.17, 15) is 0 Å². The highest BCUT2D eigenvalue weighted by Crippen LogP contribution is 2.23. The largest absolute Gasteiger partial charge is 0.265 e. The molecule has 0 bridgehead atoms. The Kier molecular flexibility index (Phi) is 1.99. The van der Waals surface area contributed by atoms with Crippen molar-refractivity contribution in [2.24, 2.45) is 0 Å². The van der Waals surface area contributed by atoms with Gasteiger partial charge in [0.15, 0.2) is 0 Å². The van der Waals surface area contributed by atoms with Crippen LogP contribution in [0.4, 0.5) is 0 Å². The van der Waals surface area contributed by atoms with E-state index in [0.717, 1.165) is 11.1 Å². The van der Waals surface area contributed by atoms with E-state index in [1.165, 1.54) is 0 Å². The summed E-state index contributed by atoms with van der Waals surface area (Å²) in [5.74, 6) is 0. The third-order valence-electron chi connectivity index (χ3n) is 2.07. The van der Waals surface area contributed by atoms with E-state index in [1.54, 1.807) is 12.3 Å². The summed E-state index contributed by atoms with van der Waals surface area (Å²) in [5, 5.41) is 19.1. The molecule has 0 atom stereocenters. The van der Waals surface area contributed by atoms with Gasteiger partial charge in [-0.15, -0.1) is 5.10 Å². The summed E-state index contributed by atoms with van der Waals surface area (Å²) in [6.45, 7) is 1.95. The second-order valence-corrected chi connectivity index (χ2v) is 2.97. The summed E-state index contributed by atoms with van der Waals surface area (Å²) in [6.07, 6.45) is 1.68. The number of hydrogen-bond donors (Lipinski definition) is 1. The summed E-state index contributed by atoms with van der Waals surface area (Å²) in [6, 6.07) is 7.73. The van der Waals surface area contributed by atoms with Gasteiger partial charge in [-0.1, -0.05) is 17.3 Å². The van der Waals surface area contributed by atoms with Crippen LogP contribution >= 0.6 is 0 Å². The Morgan fingerprint density at radius 3 is 2.93 bits per heavy atom. The standard InChI is InChI=1S/C10H8N4/c1-7-3-2-4-8(5-11)10(7)9-6-12-14-13-9/h2-4,6H,1H3,(H,12,13,14). The molecule has 0 radical (unpaired) electrons. The van der Waals surface area contributed by atoms with Crippen LogP contribution in [0.5, 0.6) is 0 Å². The van der Waals surface area contributed by atoms with Crippen molar-refractivity contribution < 1.29 is 0 Å². The van der Waals surface area contributed by atoms with Crippen molar-refractivity contribution in [3.05, 3.63) is 35.5 Å². The first-order valence-corrected chi connectivity index (χ1v) is 4.19. The number of nitrogens with zero attached hydrogens (tertiary/aromatic N) is 3. The van der Waals surface area contributed by atoms with Crippen molar-refractivity contribution in [1.29, 1.82) is 5.26 Å². The lowest BCUT2D eigenvalue weighted by atomic mass is 10.0. The summed E-state index contributed by atoms with van der Waals surface area (Å²) in [7, 11) is 0. The van der Waals surface area contributed by atoms with Crippen LogP contribution in [-0.4, -0.2) is 15.4 Å². The van der Waals surface area contributed by atoms with Crippen LogP contribution in [0.2, 0.25) is 0 Å². The fourth-order valence-electron chi connectivity index (χ4n) is 1.42. The van der Waals surface area contributed by atoms with Gasteiger partial charge in [-0.05, 0) is 18.6 Å². The van der Waals surface area contributed by atoms with Crippen LogP contribution in [-0.2, 0) is 0 Å². The van der Waals surface area contributed by atoms with Crippen LogP contribution in [0.1, 0.15) is 11.1 Å². The lowest BCUT2D eigenvalue weighted by molar-refractivity contribution is 0.941. The molecule has 0 saturated carbocycles. The Bertz CT molecular complexity index is 479. The number of hydrogen-bond acceptors (Lipinski definition) is 3. The number of nitrogens with one attached hydrogen (secondary N) is 1. The van der Waals surface area contributed by atoms with E-state index in [2.05, 4.69) is 21.5 Å². The summed E-state index contributed by atoms with van der Waals surface area (Å²) < 4.78 is 0. The maximum Gasteiger partial charge on any atom is 0.114 e. The molecule has 0 amide bonds. The quantitative estimate of drug-likeness (QED) is 0.732. The average molecular weight is 184 g/mol. The average Bonchev–Trinajstić information content (AvgIpc) is 2.70. The van der Waals surface area contributed by atoms with Crippen molar-refractivity contribution in [3.8, 4) is 17.3 Å². The number of H-pyrrole nitrogens is 1. The first-order valence-electron chi connectivity index (χ1n) is 4.19. The van der Waals surface area contributed by atoms with Crippen LogP contribution < -0.4 is 0 Å². The molecule has 0 fully saturated rings. The molecule has 1 N–H and O–H groups in total. The van der Waals surface area contributed by atoms with Crippen molar-refractivity contribution in [2.45, 2.75) is 6.92 Å². The smallest absolute Gasteiger partial charge is 0.114 e. The zero-order valence-corrected chi connectivity index (χ0v) is 7.65. The molecule has 0 saturated heterocycles. The molecule has 1 aromatic carbocycles. The Hall–Kier alpha value is -2.15. The molecular formula is C10H8N4. The molecular weight excluding hydrogens is 176 g/mol. The predicted molar refractivity (Wildman–Crippen MR) is 51.3 cm³/mol. The Morgan fingerprint density at radius 1 is 1.43 bits per heavy atom. The van der Waals surface area contributed by atoms with E-state index in [1.807, 2.05) is 19.1 Å². The van der Waals surface area contributed by atoms with Gasteiger partial charge in [-0.2, -0.15) is 5.26 Å². The van der Waals surface area contributed by atoms with Gasteiger partial charge in [0.2, 0.25) is 0 Å². The van der Waals surface area contributed by atoms with Crippen molar-refractivity contribution >= 4 is 0 Å². The van der Waals surface area contributed by atoms with E-state index in [4.69, 9.17) is 5.26 Å². The predicted octanol–water partition coefficient (Wildman–Crippen LogP) is 1.65. The molecule has 4 nitrogen and oxygen atoms in total. The third kappa shape index (κ3) is 1.25. The molecule has 2 rings (SSSR count). The number of aromatic amines is 1. The third-order valence-corrected chi connectivity index (χ3v) is 2.07. The first-order chi connectivity index (χ1) is 6.83. The number of benzene rings is 1. The van der Waals surface area contributed by atoms with E-state index < -0.39 is 0 Å². The maximum absolute atomic E-state index is 8.93. The van der Waals surface area contributed by atoms with Crippen molar-refractivity contribution in [3.63, 3.8) is 0 Å². The van der Waals surface area contributed by atoms with Gasteiger partial charge in [0.05, 0.1) is 17.8 Å². The van der Waals surface area contributed by atoms with Gasteiger partial charge in [0.1, 0.15) is 5.69 Å². The molecule has 0 aliphatic heterocycles. The highest BCUT2D eigenvalue weighted by molar-refractivity contribution is 5.69. The number of aryl methyl sites for hydroxylation is 1. The molecule has 1 heterocycles. The van der Waals surface area contributed by atoms with Gasteiger partial charge in [0.25, 0.3) is 0 Å². The van der Waals surface area contributed by atoms with E-state index in [0.29, 0.717) is 11.3 Å². The minimum absolute atomic E-state index is 0.624. The zero-order valence-electron chi connectivity index (χ0n) is 7.65. The second kappa shape index (κ2) is 3.30. The Morgan fingerprint density at radius 2 is 2.29 bits per heavy atom. The molecule has 4 heteroatoms. The Balaban J connectivity index is 2.69. The maximum atomic E-state index is 8.93. The highest BCUT2D eigenvalue weighted by atomic mass is 15.3. The number of rotatable bonds is 1. The molecule has 0 aliphatic carbocycles.